The first-order valence-electron chi connectivity index (χ1n) is 7.20. The van der Waals surface area contributed by atoms with E-state index in [9.17, 15) is 4.79 Å². The molecule has 1 rings (SSSR count). The molecule has 2 N–H and O–H groups in total. The predicted molar refractivity (Wildman–Crippen MR) is 80.0 cm³/mol. The highest BCUT2D eigenvalue weighted by molar-refractivity contribution is 7.98. The van der Waals surface area contributed by atoms with E-state index in [1.54, 1.807) is 0 Å². The number of unbranched alkanes of at least 4 members (excludes halogenated alkanes) is 1. The minimum Gasteiger partial charge on any atom is -0.356 e. The Hall–Kier alpha value is -0.220. The molecular formula is C14H28N2OS. The maximum atomic E-state index is 11.8. The third-order valence-electron chi connectivity index (χ3n) is 3.74. The van der Waals surface area contributed by atoms with Gasteiger partial charge in [-0.1, -0.05) is 6.92 Å². The molecule has 2 unspecified atom stereocenters. The summed E-state index contributed by atoms with van der Waals surface area (Å²) in [7, 11) is 0. The van der Waals surface area contributed by atoms with Gasteiger partial charge in [-0.05, 0) is 62.6 Å². The Morgan fingerprint density at radius 1 is 1.50 bits per heavy atom. The molecule has 18 heavy (non-hydrogen) atoms. The molecule has 0 aromatic heterocycles. The predicted octanol–water partition coefficient (Wildman–Crippen LogP) is 2.27. The molecule has 0 aliphatic carbocycles. The number of carbonyl (C=O) groups excluding carboxylic acids is 1. The van der Waals surface area contributed by atoms with E-state index in [1.165, 1.54) is 25.0 Å². The highest BCUT2D eigenvalue weighted by Crippen LogP contribution is 2.22. The van der Waals surface area contributed by atoms with Crippen LogP contribution >= 0.6 is 11.8 Å². The van der Waals surface area contributed by atoms with E-state index in [4.69, 9.17) is 0 Å². The minimum atomic E-state index is 0.234. The van der Waals surface area contributed by atoms with E-state index in [1.807, 2.05) is 11.8 Å². The second kappa shape index (κ2) is 9.68. The lowest BCUT2D eigenvalue weighted by atomic mass is 9.85. The van der Waals surface area contributed by atoms with Crippen LogP contribution in [-0.4, -0.2) is 37.6 Å². The molecule has 0 bridgehead atoms. The van der Waals surface area contributed by atoms with Crippen LogP contribution in [0.2, 0.25) is 0 Å². The van der Waals surface area contributed by atoms with E-state index in [0.29, 0.717) is 18.3 Å². The maximum Gasteiger partial charge on any atom is 0.220 e. The number of nitrogens with one attached hydrogen (secondary N) is 2. The molecule has 106 valence electrons. The summed E-state index contributed by atoms with van der Waals surface area (Å²) >= 11 is 1.87. The minimum absolute atomic E-state index is 0.234. The molecule has 0 aromatic carbocycles. The SMILES string of the molecule is CSCCCCNC(=O)CC(C)C1CCCNC1. The average Bonchev–Trinajstić information content (AvgIpc) is 2.39. The fraction of sp³-hybridized carbons (Fsp3) is 0.929. The van der Waals surface area contributed by atoms with Crippen molar-refractivity contribution < 1.29 is 4.79 Å². The van der Waals surface area contributed by atoms with Gasteiger partial charge in [0.2, 0.25) is 5.91 Å². The Morgan fingerprint density at radius 2 is 2.33 bits per heavy atom. The smallest absolute Gasteiger partial charge is 0.220 e. The van der Waals surface area contributed by atoms with Crippen LogP contribution in [0, 0.1) is 11.8 Å². The Labute approximate surface area is 116 Å². The van der Waals surface area contributed by atoms with Gasteiger partial charge in [-0.15, -0.1) is 0 Å². The first kappa shape index (κ1) is 15.8. The van der Waals surface area contributed by atoms with E-state index in [-0.39, 0.29) is 5.91 Å². The molecule has 0 aromatic rings. The molecule has 0 saturated carbocycles. The zero-order valence-corrected chi connectivity index (χ0v) is 12.7. The number of hydrogen-bond acceptors (Lipinski definition) is 3. The van der Waals surface area contributed by atoms with Gasteiger partial charge in [0.05, 0.1) is 0 Å². The van der Waals surface area contributed by atoms with Crippen molar-refractivity contribution >= 4 is 17.7 Å². The number of rotatable bonds is 8. The second-order valence-corrected chi connectivity index (χ2v) is 6.32. The average molecular weight is 272 g/mol. The number of piperidine rings is 1. The van der Waals surface area contributed by atoms with Gasteiger partial charge >= 0.3 is 0 Å². The van der Waals surface area contributed by atoms with Crippen LogP contribution in [-0.2, 0) is 4.79 Å². The summed E-state index contributed by atoms with van der Waals surface area (Å²) in [5.41, 5.74) is 0. The fourth-order valence-electron chi connectivity index (χ4n) is 2.49. The molecule has 0 spiro atoms. The van der Waals surface area contributed by atoms with Gasteiger partial charge in [0, 0.05) is 13.0 Å². The summed E-state index contributed by atoms with van der Waals surface area (Å²) in [6.45, 7) is 5.28. The number of carbonyl (C=O) groups is 1. The van der Waals surface area contributed by atoms with Gasteiger partial charge in [0.15, 0.2) is 0 Å². The fourth-order valence-corrected chi connectivity index (χ4v) is 2.99. The zero-order valence-electron chi connectivity index (χ0n) is 11.8. The van der Waals surface area contributed by atoms with Crippen LogP contribution in [0.25, 0.3) is 0 Å². The van der Waals surface area contributed by atoms with Gasteiger partial charge in [0.25, 0.3) is 0 Å². The van der Waals surface area contributed by atoms with E-state index < -0.39 is 0 Å². The largest absolute Gasteiger partial charge is 0.356 e. The molecule has 1 fully saturated rings. The first-order valence-corrected chi connectivity index (χ1v) is 8.59. The van der Waals surface area contributed by atoms with Crippen LogP contribution in [0.3, 0.4) is 0 Å². The summed E-state index contributed by atoms with van der Waals surface area (Å²) in [4.78, 5) is 11.8. The Balaban J connectivity index is 2.07. The van der Waals surface area contributed by atoms with E-state index in [0.717, 1.165) is 26.1 Å². The van der Waals surface area contributed by atoms with Crippen LogP contribution in [0.5, 0.6) is 0 Å². The standard InChI is InChI=1S/C14H28N2OS/c1-12(13-6-5-7-15-11-13)10-14(17)16-8-3-4-9-18-2/h12-13,15H,3-11H2,1-2H3,(H,16,17). The normalized spacial score (nSPS) is 21.6. The van der Waals surface area contributed by atoms with Crippen molar-refractivity contribution in [1.82, 2.24) is 10.6 Å². The molecule has 1 amide bonds. The van der Waals surface area contributed by atoms with Crippen molar-refractivity contribution in [2.24, 2.45) is 11.8 Å². The van der Waals surface area contributed by atoms with Crippen LogP contribution in [0.1, 0.15) is 39.0 Å². The quantitative estimate of drug-likeness (QED) is 0.666. The molecule has 2 atom stereocenters. The maximum absolute atomic E-state index is 11.8. The summed E-state index contributed by atoms with van der Waals surface area (Å²) < 4.78 is 0. The zero-order chi connectivity index (χ0) is 13.2. The van der Waals surface area contributed by atoms with Gasteiger partial charge in [-0.3, -0.25) is 4.79 Å². The van der Waals surface area contributed by atoms with Crippen LogP contribution in [0.4, 0.5) is 0 Å². The molecule has 4 heteroatoms. The van der Waals surface area contributed by atoms with Crippen molar-refractivity contribution in [3.05, 3.63) is 0 Å². The van der Waals surface area contributed by atoms with Gasteiger partial charge in [-0.25, -0.2) is 0 Å². The lowest BCUT2D eigenvalue weighted by Crippen LogP contribution is -2.35. The van der Waals surface area contributed by atoms with Crippen LogP contribution in [0.15, 0.2) is 0 Å². The highest BCUT2D eigenvalue weighted by Gasteiger charge is 2.21. The van der Waals surface area contributed by atoms with Crippen molar-refractivity contribution in [1.29, 1.82) is 0 Å². The summed E-state index contributed by atoms with van der Waals surface area (Å²) in [6.07, 6.45) is 7.64. The van der Waals surface area contributed by atoms with Gasteiger partial charge in [0.1, 0.15) is 0 Å². The number of thioether (sulfide) groups is 1. The van der Waals surface area contributed by atoms with Crippen molar-refractivity contribution in [2.75, 3.05) is 31.6 Å². The topological polar surface area (TPSA) is 41.1 Å². The lowest BCUT2D eigenvalue weighted by Gasteiger charge is -2.28. The van der Waals surface area contributed by atoms with Crippen molar-refractivity contribution in [3.63, 3.8) is 0 Å². The van der Waals surface area contributed by atoms with E-state index >= 15 is 0 Å². The molecule has 1 aliphatic heterocycles. The van der Waals surface area contributed by atoms with Gasteiger partial charge in [-0.2, -0.15) is 11.8 Å². The highest BCUT2D eigenvalue weighted by atomic mass is 32.2. The number of amides is 1. The van der Waals surface area contributed by atoms with E-state index in [2.05, 4.69) is 23.8 Å². The van der Waals surface area contributed by atoms with Crippen molar-refractivity contribution in [3.8, 4) is 0 Å². The Morgan fingerprint density at radius 3 is 3.00 bits per heavy atom. The first-order chi connectivity index (χ1) is 8.74. The molecule has 1 aliphatic rings. The third kappa shape index (κ3) is 6.64. The molecular weight excluding hydrogens is 244 g/mol. The Kier molecular flexibility index (Phi) is 8.51. The second-order valence-electron chi connectivity index (χ2n) is 5.34. The third-order valence-corrected chi connectivity index (χ3v) is 4.44. The molecule has 1 saturated heterocycles. The Bertz CT molecular complexity index is 230. The summed E-state index contributed by atoms with van der Waals surface area (Å²) in [6, 6.07) is 0. The molecule has 1 heterocycles. The lowest BCUT2D eigenvalue weighted by molar-refractivity contribution is -0.122. The van der Waals surface area contributed by atoms with Crippen LogP contribution < -0.4 is 10.6 Å². The summed E-state index contributed by atoms with van der Waals surface area (Å²) in [5, 5.41) is 6.46. The van der Waals surface area contributed by atoms with Gasteiger partial charge < -0.3 is 10.6 Å². The summed E-state index contributed by atoms with van der Waals surface area (Å²) in [5.74, 6) is 2.61. The van der Waals surface area contributed by atoms with Crippen molar-refractivity contribution in [2.45, 2.75) is 39.0 Å². The number of hydrogen-bond donors (Lipinski definition) is 2. The monoisotopic (exact) mass is 272 g/mol. The molecule has 0 radical (unpaired) electrons. The molecule has 3 nitrogen and oxygen atoms in total.